The van der Waals surface area contributed by atoms with Crippen LogP contribution >= 0.6 is 0 Å². The third kappa shape index (κ3) is 2.99. The number of H-pyrrole nitrogens is 1. The number of rotatable bonds is 5. The molecule has 24 heavy (non-hydrogen) atoms. The number of aliphatic carboxylic acids is 1. The molecule has 0 spiro atoms. The van der Waals surface area contributed by atoms with Crippen LogP contribution in [0, 0.1) is 17.5 Å². The summed E-state index contributed by atoms with van der Waals surface area (Å²) < 4.78 is 41.4. The van der Waals surface area contributed by atoms with E-state index in [1.807, 2.05) is 0 Å². The van der Waals surface area contributed by atoms with Gasteiger partial charge in [0.05, 0.1) is 5.52 Å². The fourth-order valence-electron chi connectivity index (χ4n) is 2.82. The van der Waals surface area contributed by atoms with E-state index in [0.717, 1.165) is 12.1 Å². The summed E-state index contributed by atoms with van der Waals surface area (Å²) >= 11 is 0. The van der Waals surface area contributed by atoms with Crippen molar-refractivity contribution >= 4 is 16.9 Å². The standard InChI is InChI=1S/C18H14F3NO2/c19-11-6-4-10(5-7-11)17-12(2-1-3-15(23)24)16-13(20)8-9-14(21)18(16)22-17/h4-9,22H,1-3H2,(H,23,24). The zero-order valence-electron chi connectivity index (χ0n) is 12.6. The third-order valence-electron chi connectivity index (χ3n) is 3.91. The van der Waals surface area contributed by atoms with E-state index in [0.29, 0.717) is 16.8 Å². The van der Waals surface area contributed by atoms with E-state index in [-0.39, 0.29) is 30.2 Å². The van der Waals surface area contributed by atoms with Crippen molar-refractivity contribution < 1.29 is 23.1 Å². The largest absolute Gasteiger partial charge is 0.481 e. The molecule has 0 fully saturated rings. The first-order valence-corrected chi connectivity index (χ1v) is 7.43. The second kappa shape index (κ2) is 6.39. The van der Waals surface area contributed by atoms with Crippen LogP contribution in [0.4, 0.5) is 13.2 Å². The normalized spacial score (nSPS) is 11.1. The van der Waals surface area contributed by atoms with Gasteiger partial charge in [-0.1, -0.05) is 0 Å². The minimum absolute atomic E-state index is 0.0275. The van der Waals surface area contributed by atoms with Crippen molar-refractivity contribution in [3.05, 3.63) is 59.4 Å². The van der Waals surface area contributed by atoms with E-state index in [1.165, 1.54) is 24.3 Å². The van der Waals surface area contributed by atoms with Gasteiger partial charge in [0.25, 0.3) is 0 Å². The average Bonchev–Trinajstić information content (AvgIpc) is 2.92. The molecule has 3 aromatic rings. The summed E-state index contributed by atoms with van der Waals surface area (Å²) in [6.45, 7) is 0. The van der Waals surface area contributed by atoms with Crippen LogP contribution < -0.4 is 0 Å². The summed E-state index contributed by atoms with van der Waals surface area (Å²) in [7, 11) is 0. The van der Waals surface area contributed by atoms with E-state index < -0.39 is 23.4 Å². The summed E-state index contributed by atoms with van der Waals surface area (Å²) in [4.78, 5) is 13.6. The number of hydrogen-bond donors (Lipinski definition) is 2. The molecule has 0 bridgehead atoms. The maximum atomic E-state index is 14.2. The highest BCUT2D eigenvalue weighted by atomic mass is 19.1. The molecule has 2 N–H and O–H groups in total. The number of aryl methyl sites for hydroxylation is 1. The van der Waals surface area contributed by atoms with Crippen molar-refractivity contribution in [2.45, 2.75) is 19.3 Å². The summed E-state index contributed by atoms with van der Waals surface area (Å²) in [6.07, 6.45) is 0.471. The van der Waals surface area contributed by atoms with Crippen molar-refractivity contribution in [2.24, 2.45) is 0 Å². The minimum atomic E-state index is -0.954. The lowest BCUT2D eigenvalue weighted by atomic mass is 10.00. The fourth-order valence-corrected chi connectivity index (χ4v) is 2.82. The van der Waals surface area contributed by atoms with Crippen molar-refractivity contribution in [1.82, 2.24) is 4.98 Å². The van der Waals surface area contributed by atoms with Gasteiger partial charge in [-0.15, -0.1) is 0 Å². The monoisotopic (exact) mass is 333 g/mol. The van der Waals surface area contributed by atoms with Crippen LogP contribution in [0.3, 0.4) is 0 Å². The Hall–Kier alpha value is -2.76. The Balaban J connectivity index is 2.15. The first-order valence-electron chi connectivity index (χ1n) is 7.43. The molecule has 1 heterocycles. The van der Waals surface area contributed by atoms with Crippen LogP contribution in [-0.2, 0) is 11.2 Å². The molecule has 0 unspecified atom stereocenters. The molecule has 6 heteroatoms. The molecule has 0 radical (unpaired) electrons. The van der Waals surface area contributed by atoms with Crippen LogP contribution in [0.1, 0.15) is 18.4 Å². The van der Waals surface area contributed by atoms with Crippen LogP contribution in [0.2, 0.25) is 0 Å². The molecule has 2 aromatic carbocycles. The minimum Gasteiger partial charge on any atom is -0.481 e. The average molecular weight is 333 g/mol. The number of aromatic amines is 1. The van der Waals surface area contributed by atoms with Crippen LogP contribution in [-0.4, -0.2) is 16.1 Å². The molecule has 0 saturated carbocycles. The highest BCUT2D eigenvalue weighted by Gasteiger charge is 2.19. The highest BCUT2D eigenvalue weighted by Crippen LogP contribution is 2.34. The second-order valence-electron chi connectivity index (χ2n) is 5.51. The Labute approximate surface area is 135 Å². The second-order valence-corrected chi connectivity index (χ2v) is 5.51. The maximum absolute atomic E-state index is 14.2. The molecule has 0 atom stereocenters. The lowest BCUT2D eigenvalue weighted by molar-refractivity contribution is -0.137. The van der Waals surface area contributed by atoms with Gasteiger partial charge in [0.1, 0.15) is 17.5 Å². The van der Waals surface area contributed by atoms with E-state index in [9.17, 15) is 18.0 Å². The Morgan fingerprint density at radius 2 is 1.67 bits per heavy atom. The number of benzene rings is 2. The van der Waals surface area contributed by atoms with Gasteiger partial charge in [-0.25, -0.2) is 13.2 Å². The zero-order valence-corrected chi connectivity index (χ0v) is 12.6. The van der Waals surface area contributed by atoms with Gasteiger partial charge in [-0.2, -0.15) is 0 Å². The van der Waals surface area contributed by atoms with Crippen molar-refractivity contribution in [3.63, 3.8) is 0 Å². The van der Waals surface area contributed by atoms with E-state index >= 15 is 0 Å². The molecule has 3 nitrogen and oxygen atoms in total. The molecule has 0 aliphatic heterocycles. The van der Waals surface area contributed by atoms with Crippen molar-refractivity contribution in [2.75, 3.05) is 0 Å². The van der Waals surface area contributed by atoms with Gasteiger partial charge in [-0.05, 0) is 60.4 Å². The molecule has 0 saturated heterocycles. The number of halogens is 3. The van der Waals surface area contributed by atoms with Gasteiger partial charge < -0.3 is 10.1 Å². The Bertz CT molecular complexity index is 901. The van der Waals surface area contributed by atoms with Gasteiger partial charge in [-0.3, -0.25) is 4.79 Å². The predicted octanol–water partition coefficient (Wildman–Crippen LogP) is 4.66. The maximum Gasteiger partial charge on any atom is 0.303 e. The predicted molar refractivity (Wildman–Crippen MR) is 84.2 cm³/mol. The third-order valence-corrected chi connectivity index (χ3v) is 3.91. The molecule has 0 aliphatic rings. The van der Waals surface area contributed by atoms with Gasteiger partial charge >= 0.3 is 5.97 Å². The molecular formula is C18H14F3NO2. The molecular weight excluding hydrogens is 319 g/mol. The topological polar surface area (TPSA) is 53.1 Å². The first kappa shape index (κ1) is 16.1. The van der Waals surface area contributed by atoms with E-state index in [4.69, 9.17) is 5.11 Å². The quantitative estimate of drug-likeness (QED) is 0.713. The number of carbonyl (C=O) groups is 1. The lowest BCUT2D eigenvalue weighted by Crippen LogP contribution is -1.97. The lowest BCUT2D eigenvalue weighted by Gasteiger charge is -2.05. The highest BCUT2D eigenvalue weighted by molar-refractivity contribution is 5.91. The summed E-state index contributed by atoms with van der Waals surface area (Å²) in [5.74, 6) is -2.55. The van der Waals surface area contributed by atoms with Crippen LogP contribution in [0.25, 0.3) is 22.2 Å². The van der Waals surface area contributed by atoms with Gasteiger partial charge in [0.2, 0.25) is 0 Å². The first-order chi connectivity index (χ1) is 11.5. The number of fused-ring (bicyclic) bond motifs is 1. The Morgan fingerprint density at radius 3 is 2.33 bits per heavy atom. The van der Waals surface area contributed by atoms with Gasteiger partial charge in [0.15, 0.2) is 0 Å². The molecule has 3 rings (SSSR count). The number of aromatic nitrogens is 1. The zero-order chi connectivity index (χ0) is 17.3. The van der Waals surface area contributed by atoms with E-state index in [1.54, 1.807) is 0 Å². The fraction of sp³-hybridized carbons (Fsp3) is 0.167. The summed E-state index contributed by atoms with van der Waals surface area (Å²) in [5.41, 5.74) is 1.57. The number of hydrogen-bond acceptors (Lipinski definition) is 1. The number of carboxylic acid groups (broad SMARTS) is 1. The SMILES string of the molecule is O=C(O)CCCc1c(-c2ccc(F)cc2)[nH]c2c(F)ccc(F)c12. The van der Waals surface area contributed by atoms with E-state index in [2.05, 4.69) is 4.98 Å². The van der Waals surface area contributed by atoms with Crippen molar-refractivity contribution in [3.8, 4) is 11.3 Å². The van der Waals surface area contributed by atoms with Crippen LogP contribution in [0.5, 0.6) is 0 Å². The van der Waals surface area contributed by atoms with Crippen LogP contribution in [0.15, 0.2) is 36.4 Å². The molecule has 124 valence electrons. The molecule has 1 aromatic heterocycles. The van der Waals surface area contributed by atoms with Gasteiger partial charge in [0, 0.05) is 17.5 Å². The summed E-state index contributed by atoms with van der Waals surface area (Å²) in [5, 5.41) is 8.90. The Morgan fingerprint density at radius 1 is 1.00 bits per heavy atom. The molecule has 0 aliphatic carbocycles. The smallest absolute Gasteiger partial charge is 0.303 e. The number of nitrogens with one attached hydrogen (secondary N) is 1. The Kier molecular flexibility index (Phi) is 4.29. The molecule has 0 amide bonds. The number of carboxylic acids is 1. The van der Waals surface area contributed by atoms with Crippen molar-refractivity contribution in [1.29, 1.82) is 0 Å². The summed E-state index contributed by atoms with van der Waals surface area (Å²) in [6, 6.07) is 7.61.